The zero-order valence-corrected chi connectivity index (χ0v) is 8.76. The zero-order chi connectivity index (χ0) is 10.3. The molecule has 0 atom stereocenters. The minimum Gasteiger partial charge on any atom is -0.504 e. The lowest BCUT2D eigenvalue weighted by Crippen LogP contribution is -2.29. The van der Waals surface area contributed by atoms with E-state index in [1.807, 2.05) is 0 Å². The first-order valence-corrected chi connectivity index (χ1v) is 4.86. The molecular formula is C10H11ClO3. The van der Waals surface area contributed by atoms with Crippen LogP contribution < -0.4 is 9.47 Å². The number of rotatable bonds is 1. The number of aromatic hydroxyl groups is 1. The van der Waals surface area contributed by atoms with Crippen LogP contribution in [0.3, 0.4) is 0 Å². The molecule has 1 aliphatic heterocycles. The van der Waals surface area contributed by atoms with Crippen molar-refractivity contribution in [3.8, 4) is 17.2 Å². The third kappa shape index (κ3) is 1.38. The highest BCUT2D eigenvalue weighted by molar-refractivity contribution is 6.17. The Morgan fingerprint density at radius 2 is 2.07 bits per heavy atom. The molecule has 76 valence electrons. The van der Waals surface area contributed by atoms with E-state index in [-0.39, 0.29) is 11.6 Å². The fourth-order valence-electron chi connectivity index (χ4n) is 1.41. The van der Waals surface area contributed by atoms with E-state index < -0.39 is 5.79 Å². The highest BCUT2D eigenvalue weighted by atomic mass is 35.5. The van der Waals surface area contributed by atoms with Crippen molar-refractivity contribution < 1.29 is 14.6 Å². The molecule has 1 aromatic rings. The molecule has 0 saturated heterocycles. The van der Waals surface area contributed by atoms with Gasteiger partial charge in [-0.2, -0.15) is 0 Å². The molecule has 0 aliphatic carbocycles. The zero-order valence-electron chi connectivity index (χ0n) is 8.00. The average Bonchev–Trinajstić information content (AvgIpc) is 2.42. The molecule has 1 aromatic carbocycles. The number of benzene rings is 1. The summed E-state index contributed by atoms with van der Waals surface area (Å²) in [4.78, 5) is 0. The summed E-state index contributed by atoms with van der Waals surface area (Å²) >= 11 is 5.65. The molecule has 14 heavy (non-hydrogen) atoms. The van der Waals surface area contributed by atoms with Crippen LogP contribution in [0, 0.1) is 0 Å². The SMILES string of the molecule is CC1(C)Oc2ccc(CCl)c(O)c2O1. The quantitative estimate of drug-likeness (QED) is 0.731. The molecule has 1 aliphatic rings. The van der Waals surface area contributed by atoms with E-state index in [1.165, 1.54) is 0 Å². The van der Waals surface area contributed by atoms with Crippen molar-refractivity contribution in [3.63, 3.8) is 0 Å². The Morgan fingerprint density at radius 1 is 1.36 bits per heavy atom. The first kappa shape index (κ1) is 9.46. The summed E-state index contributed by atoms with van der Waals surface area (Å²) < 4.78 is 10.9. The van der Waals surface area contributed by atoms with Gasteiger partial charge in [0.15, 0.2) is 11.5 Å². The highest BCUT2D eigenvalue weighted by Gasteiger charge is 2.34. The molecule has 1 heterocycles. The second-order valence-corrected chi connectivity index (χ2v) is 3.91. The van der Waals surface area contributed by atoms with Crippen LogP contribution in [0.25, 0.3) is 0 Å². The molecule has 0 aromatic heterocycles. The first-order chi connectivity index (χ1) is 6.53. The summed E-state index contributed by atoms with van der Waals surface area (Å²) in [6.07, 6.45) is 0. The molecule has 0 radical (unpaired) electrons. The number of alkyl halides is 1. The predicted molar refractivity (Wildman–Crippen MR) is 53.0 cm³/mol. The van der Waals surface area contributed by atoms with Crippen LogP contribution in [-0.4, -0.2) is 10.9 Å². The largest absolute Gasteiger partial charge is 0.504 e. The van der Waals surface area contributed by atoms with Gasteiger partial charge in [-0.1, -0.05) is 6.07 Å². The Hall–Kier alpha value is -1.09. The third-order valence-electron chi connectivity index (χ3n) is 2.03. The molecule has 3 nitrogen and oxygen atoms in total. The smallest absolute Gasteiger partial charge is 0.246 e. The molecule has 0 spiro atoms. The van der Waals surface area contributed by atoms with Crippen LogP contribution >= 0.6 is 11.6 Å². The number of phenols is 1. The van der Waals surface area contributed by atoms with Crippen molar-refractivity contribution in [2.24, 2.45) is 0 Å². The summed E-state index contributed by atoms with van der Waals surface area (Å²) in [5.41, 5.74) is 0.645. The fourth-order valence-corrected chi connectivity index (χ4v) is 1.63. The van der Waals surface area contributed by atoms with Crippen molar-refractivity contribution in [2.75, 3.05) is 0 Å². The van der Waals surface area contributed by atoms with Crippen molar-refractivity contribution in [2.45, 2.75) is 25.5 Å². The van der Waals surface area contributed by atoms with Crippen LogP contribution in [-0.2, 0) is 5.88 Å². The van der Waals surface area contributed by atoms with Crippen molar-refractivity contribution in [1.29, 1.82) is 0 Å². The number of fused-ring (bicyclic) bond motifs is 1. The van der Waals surface area contributed by atoms with Gasteiger partial charge >= 0.3 is 0 Å². The third-order valence-corrected chi connectivity index (χ3v) is 2.31. The fraction of sp³-hybridized carbons (Fsp3) is 0.400. The van der Waals surface area contributed by atoms with Gasteiger partial charge in [0.1, 0.15) is 0 Å². The Bertz CT molecular complexity index is 374. The molecule has 2 rings (SSSR count). The van der Waals surface area contributed by atoms with E-state index >= 15 is 0 Å². The maximum Gasteiger partial charge on any atom is 0.246 e. The van der Waals surface area contributed by atoms with Gasteiger partial charge in [-0.25, -0.2) is 0 Å². The maximum absolute atomic E-state index is 9.75. The second-order valence-electron chi connectivity index (χ2n) is 3.64. The number of hydrogen-bond acceptors (Lipinski definition) is 3. The summed E-state index contributed by atoms with van der Waals surface area (Å²) in [6.45, 7) is 3.57. The van der Waals surface area contributed by atoms with Gasteiger partial charge in [0.2, 0.25) is 11.5 Å². The highest BCUT2D eigenvalue weighted by Crippen LogP contribution is 2.47. The Kier molecular flexibility index (Phi) is 2.00. The van der Waals surface area contributed by atoms with Gasteiger partial charge in [0.25, 0.3) is 0 Å². The molecule has 0 saturated carbocycles. The van der Waals surface area contributed by atoms with E-state index in [0.29, 0.717) is 17.1 Å². The van der Waals surface area contributed by atoms with Gasteiger partial charge in [-0.15, -0.1) is 11.6 Å². The number of hydrogen-bond donors (Lipinski definition) is 1. The summed E-state index contributed by atoms with van der Waals surface area (Å²) in [6, 6.07) is 3.48. The number of ether oxygens (including phenoxy) is 2. The van der Waals surface area contributed by atoms with E-state index in [4.69, 9.17) is 21.1 Å². The first-order valence-electron chi connectivity index (χ1n) is 4.32. The predicted octanol–water partition coefficient (Wildman–Crippen LogP) is 2.64. The van der Waals surface area contributed by atoms with Crippen molar-refractivity contribution in [1.82, 2.24) is 0 Å². The van der Waals surface area contributed by atoms with Crippen LogP contribution in [0.2, 0.25) is 0 Å². The second kappa shape index (κ2) is 2.95. The Balaban J connectivity index is 2.48. The van der Waals surface area contributed by atoms with E-state index in [0.717, 1.165) is 0 Å². The van der Waals surface area contributed by atoms with Gasteiger partial charge < -0.3 is 14.6 Å². The van der Waals surface area contributed by atoms with Gasteiger partial charge in [0, 0.05) is 19.4 Å². The molecular weight excluding hydrogens is 204 g/mol. The summed E-state index contributed by atoms with van der Waals surface area (Å²) in [7, 11) is 0. The molecule has 1 N–H and O–H groups in total. The Morgan fingerprint density at radius 3 is 2.71 bits per heavy atom. The van der Waals surface area contributed by atoms with Gasteiger partial charge in [-0.3, -0.25) is 0 Å². The Labute approximate surface area is 87.2 Å². The van der Waals surface area contributed by atoms with Crippen molar-refractivity contribution in [3.05, 3.63) is 17.7 Å². The lowest BCUT2D eigenvalue weighted by Gasteiger charge is -2.16. The average molecular weight is 215 g/mol. The van der Waals surface area contributed by atoms with E-state index in [1.54, 1.807) is 26.0 Å². The molecule has 0 fully saturated rings. The van der Waals surface area contributed by atoms with Crippen LogP contribution in [0.5, 0.6) is 17.2 Å². The topological polar surface area (TPSA) is 38.7 Å². The lowest BCUT2D eigenvalue weighted by molar-refractivity contribution is -0.0439. The van der Waals surface area contributed by atoms with Crippen molar-refractivity contribution >= 4 is 11.6 Å². The number of phenolic OH excluding ortho intramolecular Hbond substituents is 1. The van der Waals surface area contributed by atoms with E-state index in [2.05, 4.69) is 0 Å². The summed E-state index contributed by atoms with van der Waals surface area (Å²) in [5, 5.41) is 9.75. The molecule has 0 bridgehead atoms. The normalized spacial score (nSPS) is 17.1. The number of halogens is 1. The molecule has 4 heteroatoms. The van der Waals surface area contributed by atoms with Crippen LogP contribution in [0.1, 0.15) is 19.4 Å². The maximum atomic E-state index is 9.75. The minimum atomic E-state index is -0.718. The monoisotopic (exact) mass is 214 g/mol. The van der Waals surface area contributed by atoms with Crippen LogP contribution in [0.15, 0.2) is 12.1 Å². The molecule has 0 unspecified atom stereocenters. The van der Waals surface area contributed by atoms with Gasteiger partial charge in [-0.05, 0) is 6.07 Å². The van der Waals surface area contributed by atoms with E-state index in [9.17, 15) is 5.11 Å². The molecule has 0 amide bonds. The standard InChI is InChI=1S/C10H11ClO3/c1-10(2)13-7-4-3-6(5-11)8(12)9(7)14-10/h3-4,12H,5H2,1-2H3. The minimum absolute atomic E-state index is 0.0723. The summed E-state index contributed by atoms with van der Waals surface area (Å²) in [5.74, 6) is 0.547. The van der Waals surface area contributed by atoms with Gasteiger partial charge in [0.05, 0.1) is 5.88 Å². The lowest BCUT2D eigenvalue weighted by atomic mass is 10.2. The van der Waals surface area contributed by atoms with Crippen LogP contribution in [0.4, 0.5) is 0 Å².